The van der Waals surface area contributed by atoms with Gasteiger partial charge >= 0.3 is 5.97 Å². The Labute approximate surface area is 112 Å². The Kier molecular flexibility index (Phi) is 5.42. The van der Waals surface area contributed by atoms with Crippen LogP contribution in [0.15, 0.2) is 30.0 Å². The maximum absolute atomic E-state index is 11.3. The molecule has 100 valence electrons. The molecule has 2 N–H and O–H groups in total. The summed E-state index contributed by atoms with van der Waals surface area (Å²) in [7, 11) is 0. The maximum atomic E-state index is 11.3. The van der Waals surface area contributed by atoms with Gasteiger partial charge in [0.2, 0.25) is 0 Å². The van der Waals surface area contributed by atoms with Crippen molar-refractivity contribution in [3.05, 3.63) is 41.1 Å². The number of benzene rings is 1. The van der Waals surface area contributed by atoms with Gasteiger partial charge in [0.05, 0.1) is 12.3 Å². The van der Waals surface area contributed by atoms with Crippen molar-refractivity contribution in [3.63, 3.8) is 0 Å². The van der Waals surface area contributed by atoms with E-state index in [1.807, 2.05) is 32.0 Å². The molecule has 0 aromatic heterocycles. The van der Waals surface area contributed by atoms with Gasteiger partial charge < -0.3 is 15.6 Å². The van der Waals surface area contributed by atoms with Crippen LogP contribution >= 0.6 is 0 Å². The van der Waals surface area contributed by atoms with Crippen LogP contribution in [0.25, 0.3) is 0 Å². The van der Waals surface area contributed by atoms with Crippen LogP contribution in [0.2, 0.25) is 0 Å². The highest BCUT2D eigenvalue weighted by molar-refractivity contribution is 5.92. The molecule has 0 aliphatic carbocycles. The largest absolute Gasteiger partial charge is 0.462 e. The first-order chi connectivity index (χ1) is 9.08. The van der Waals surface area contributed by atoms with Crippen LogP contribution in [0.1, 0.15) is 18.1 Å². The average Bonchev–Trinajstić information content (AvgIpc) is 2.37. The molecular weight excluding hydrogens is 242 g/mol. The molecule has 0 aliphatic rings. The van der Waals surface area contributed by atoms with Crippen LogP contribution in [0, 0.1) is 25.2 Å². The van der Waals surface area contributed by atoms with E-state index in [-0.39, 0.29) is 12.2 Å². The molecule has 19 heavy (non-hydrogen) atoms. The second kappa shape index (κ2) is 7.07. The van der Waals surface area contributed by atoms with Crippen LogP contribution in [0.5, 0.6) is 0 Å². The number of rotatable bonds is 5. The predicted molar refractivity (Wildman–Crippen MR) is 73.0 cm³/mol. The number of nitriles is 1. The summed E-state index contributed by atoms with van der Waals surface area (Å²) < 4.78 is 4.74. The summed E-state index contributed by atoms with van der Waals surface area (Å²) in [6, 6.07) is 7.70. The molecule has 0 aliphatic heterocycles. The fourth-order valence-electron chi connectivity index (χ4n) is 1.49. The first-order valence-corrected chi connectivity index (χ1v) is 5.94. The first-order valence-electron chi connectivity index (χ1n) is 5.94. The molecule has 0 saturated carbocycles. The molecule has 0 saturated heterocycles. The Bertz CT molecular complexity index is 530. The van der Waals surface area contributed by atoms with Crippen molar-refractivity contribution in [2.75, 3.05) is 12.0 Å². The van der Waals surface area contributed by atoms with Gasteiger partial charge in [-0.1, -0.05) is 17.7 Å². The molecule has 5 nitrogen and oxygen atoms in total. The fourth-order valence-corrected chi connectivity index (χ4v) is 1.49. The van der Waals surface area contributed by atoms with Crippen molar-refractivity contribution in [2.45, 2.75) is 20.8 Å². The van der Waals surface area contributed by atoms with E-state index in [2.05, 4.69) is 10.9 Å². The van der Waals surface area contributed by atoms with Crippen LogP contribution in [-0.2, 0) is 9.53 Å². The van der Waals surface area contributed by atoms with Gasteiger partial charge in [-0.3, -0.25) is 0 Å². The Balaban J connectivity index is 2.66. The summed E-state index contributed by atoms with van der Waals surface area (Å²) in [4.78, 5) is 11.3. The highest BCUT2D eigenvalue weighted by Crippen LogP contribution is 2.14. The van der Waals surface area contributed by atoms with Crippen molar-refractivity contribution in [1.29, 1.82) is 5.26 Å². The van der Waals surface area contributed by atoms with E-state index < -0.39 is 5.97 Å². The van der Waals surface area contributed by atoms with Gasteiger partial charge in [-0.2, -0.15) is 5.26 Å². The van der Waals surface area contributed by atoms with Gasteiger partial charge in [-0.25, -0.2) is 4.79 Å². The van der Waals surface area contributed by atoms with Gasteiger partial charge in [-0.15, -0.1) is 0 Å². The summed E-state index contributed by atoms with van der Waals surface area (Å²) in [6.07, 6.45) is 1.29. The third kappa shape index (κ3) is 4.36. The number of ether oxygens (including phenoxy) is 1. The number of hydrogen-bond donors (Lipinski definition) is 2. The van der Waals surface area contributed by atoms with Crippen molar-refractivity contribution in [3.8, 4) is 6.07 Å². The van der Waals surface area contributed by atoms with E-state index in [9.17, 15) is 4.79 Å². The SMILES string of the molecule is CCOC(=O)/C(C#N)=C/NNc1ccc(C)cc1C. The van der Waals surface area contributed by atoms with Gasteiger partial charge in [0, 0.05) is 6.20 Å². The van der Waals surface area contributed by atoms with E-state index in [0.29, 0.717) is 0 Å². The topological polar surface area (TPSA) is 74.2 Å². The number of hydrazine groups is 1. The second-order valence-corrected chi connectivity index (χ2v) is 3.98. The van der Waals surface area contributed by atoms with E-state index in [4.69, 9.17) is 10.00 Å². The third-order valence-electron chi connectivity index (χ3n) is 2.42. The zero-order chi connectivity index (χ0) is 14.3. The highest BCUT2D eigenvalue weighted by atomic mass is 16.5. The van der Waals surface area contributed by atoms with Gasteiger partial charge in [-0.05, 0) is 32.4 Å². The normalized spacial score (nSPS) is 10.5. The minimum Gasteiger partial charge on any atom is -0.462 e. The molecule has 0 radical (unpaired) electrons. The highest BCUT2D eigenvalue weighted by Gasteiger charge is 2.08. The molecule has 0 atom stereocenters. The summed E-state index contributed by atoms with van der Waals surface area (Å²) in [5.41, 5.74) is 8.66. The molecule has 0 fully saturated rings. The lowest BCUT2D eigenvalue weighted by atomic mass is 10.1. The Morgan fingerprint density at radius 2 is 2.21 bits per heavy atom. The predicted octanol–water partition coefficient (Wildman–Crippen LogP) is 2.19. The number of carbonyl (C=O) groups excluding carboxylic acids is 1. The molecule has 1 aromatic carbocycles. The number of nitrogens with one attached hydrogen (secondary N) is 2. The van der Waals surface area contributed by atoms with Crippen molar-refractivity contribution in [2.24, 2.45) is 0 Å². The molecule has 0 unspecified atom stereocenters. The number of hydrogen-bond acceptors (Lipinski definition) is 5. The lowest BCUT2D eigenvalue weighted by Gasteiger charge is -2.10. The second-order valence-electron chi connectivity index (χ2n) is 3.98. The molecule has 0 bridgehead atoms. The number of anilines is 1. The van der Waals surface area contributed by atoms with Crippen molar-refractivity contribution in [1.82, 2.24) is 5.43 Å². The summed E-state index contributed by atoms with van der Waals surface area (Å²) in [5, 5.41) is 8.82. The Morgan fingerprint density at radius 3 is 2.79 bits per heavy atom. The van der Waals surface area contributed by atoms with Crippen LogP contribution in [-0.4, -0.2) is 12.6 Å². The fraction of sp³-hybridized carbons (Fsp3) is 0.286. The molecule has 1 aromatic rings. The third-order valence-corrected chi connectivity index (χ3v) is 2.42. The first kappa shape index (κ1) is 14.6. The lowest BCUT2D eigenvalue weighted by Crippen LogP contribution is -2.18. The summed E-state index contributed by atoms with van der Waals surface area (Å²) in [5.74, 6) is -0.639. The Hall–Kier alpha value is -2.48. The average molecular weight is 259 g/mol. The molecule has 0 spiro atoms. The molecule has 0 heterocycles. The van der Waals surface area contributed by atoms with E-state index >= 15 is 0 Å². The van der Waals surface area contributed by atoms with Crippen molar-refractivity contribution < 1.29 is 9.53 Å². The quantitative estimate of drug-likeness (QED) is 0.367. The number of nitrogens with zero attached hydrogens (tertiary/aromatic N) is 1. The minimum absolute atomic E-state index is 0.0842. The molecular formula is C14H17N3O2. The molecule has 0 amide bonds. The minimum atomic E-state index is -0.639. The van der Waals surface area contributed by atoms with E-state index in [1.165, 1.54) is 11.8 Å². The van der Waals surface area contributed by atoms with Crippen LogP contribution in [0.3, 0.4) is 0 Å². The molecule has 1 rings (SSSR count). The van der Waals surface area contributed by atoms with Gasteiger partial charge in [0.15, 0.2) is 5.57 Å². The van der Waals surface area contributed by atoms with Crippen LogP contribution < -0.4 is 10.9 Å². The Morgan fingerprint density at radius 1 is 1.47 bits per heavy atom. The zero-order valence-electron chi connectivity index (χ0n) is 11.3. The smallest absolute Gasteiger partial charge is 0.350 e. The summed E-state index contributed by atoms with van der Waals surface area (Å²) >= 11 is 0. The van der Waals surface area contributed by atoms with Gasteiger partial charge in [0.1, 0.15) is 6.07 Å². The lowest BCUT2D eigenvalue weighted by molar-refractivity contribution is -0.138. The van der Waals surface area contributed by atoms with E-state index in [1.54, 1.807) is 13.0 Å². The number of carbonyl (C=O) groups is 1. The standard InChI is InChI=1S/C14H17N3O2/c1-4-19-14(18)12(8-15)9-16-17-13-6-5-10(2)7-11(13)3/h5-7,9,16-17H,4H2,1-3H3/b12-9+. The zero-order valence-corrected chi connectivity index (χ0v) is 11.3. The number of esters is 1. The van der Waals surface area contributed by atoms with Crippen LogP contribution in [0.4, 0.5) is 5.69 Å². The van der Waals surface area contributed by atoms with E-state index in [0.717, 1.165) is 11.3 Å². The van der Waals surface area contributed by atoms with Gasteiger partial charge in [0.25, 0.3) is 0 Å². The maximum Gasteiger partial charge on any atom is 0.350 e. The monoisotopic (exact) mass is 259 g/mol. The summed E-state index contributed by atoms with van der Waals surface area (Å²) in [6.45, 7) is 5.91. The molecule has 5 heteroatoms. The number of aryl methyl sites for hydroxylation is 2. The van der Waals surface area contributed by atoms with Crippen molar-refractivity contribution >= 4 is 11.7 Å².